The number of pyridine rings is 1. The van der Waals surface area contributed by atoms with E-state index in [4.69, 9.17) is 4.55 Å². The molecule has 1 unspecified atom stereocenters. The fourth-order valence-corrected chi connectivity index (χ4v) is 3.45. The quantitative estimate of drug-likeness (QED) is 0.572. The number of carbonyl (C=O) groups excluding carboxylic acids is 1. The Morgan fingerprint density at radius 1 is 1.10 bits per heavy atom. The first-order valence-electron chi connectivity index (χ1n) is 8.94. The number of anilines is 1. The zero-order chi connectivity index (χ0) is 22.8. The number of hydrogen-bond donors (Lipinski definition) is 2. The minimum Gasteiger partial charge on any atom is -0.322 e. The summed E-state index contributed by atoms with van der Waals surface area (Å²) in [6.45, 7) is 1.55. The summed E-state index contributed by atoms with van der Waals surface area (Å²) >= 11 is -2.00. The molecule has 162 valence electrons. The normalized spacial score (nSPS) is 12.4. The molecule has 10 heteroatoms. The van der Waals surface area contributed by atoms with Crippen LogP contribution in [0, 0.1) is 6.92 Å². The Morgan fingerprint density at radius 3 is 2.39 bits per heavy atom. The summed E-state index contributed by atoms with van der Waals surface area (Å²) in [6.07, 6.45) is -4.57. The van der Waals surface area contributed by atoms with Crippen LogP contribution in [-0.4, -0.2) is 19.2 Å². The average Bonchev–Trinajstić information content (AvgIpc) is 2.69. The highest BCUT2D eigenvalue weighted by molar-refractivity contribution is 7.78. The molecule has 1 amide bonds. The molecule has 0 saturated carbocycles. The molecule has 0 aliphatic rings. The summed E-state index contributed by atoms with van der Waals surface area (Å²) in [6, 6.07) is 13.2. The predicted molar refractivity (Wildman–Crippen MR) is 111 cm³/mol. The second-order valence-corrected chi connectivity index (χ2v) is 7.63. The molecule has 0 aliphatic heterocycles. The van der Waals surface area contributed by atoms with Crippen LogP contribution in [0.4, 0.5) is 18.9 Å². The molecule has 2 N–H and O–H groups in total. The standard InChI is InChI=1S/C21H17F3N2O4S/c1-13-5-10-18(19(27)25-16-8-6-14(7-9-16)12-31(29)30)20(28)26(13)17-4-2-3-15(11-17)21(22,23)24/h2-11H,12H2,1H3,(H,25,27)(H,29,30). The van der Waals surface area contributed by atoms with Crippen molar-refractivity contribution >= 4 is 22.7 Å². The van der Waals surface area contributed by atoms with E-state index < -0.39 is 34.3 Å². The highest BCUT2D eigenvalue weighted by atomic mass is 32.2. The van der Waals surface area contributed by atoms with Crippen LogP contribution in [0.1, 0.15) is 27.2 Å². The highest BCUT2D eigenvalue weighted by Crippen LogP contribution is 2.30. The summed E-state index contributed by atoms with van der Waals surface area (Å²) < 4.78 is 60.0. The first-order chi connectivity index (χ1) is 14.6. The highest BCUT2D eigenvalue weighted by Gasteiger charge is 2.30. The van der Waals surface area contributed by atoms with Crippen molar-refractivity contribution in [3.05, 3.63) is 93.4 Å². The van der Waals surface area contributed by atoms with Gasteiger partial charge in [-0.2, -0.15) is 13.2 Å². The lowest BCUT2D eigenvalue weighted by molar-refractivity contribution is -0.137. The Morgan fingerprint density at radius 2 is 1.77 bits per heavy atom. The monoisotopic (exact) mass is 450 g/mol. The minimum atomic E-state index is -4.57. The van der Waals surface area contributed by atoms with Crippen LogP contribution >= 0.6 is 0 Å². The molecule has 0 aliphatic carbocycles. The Balaban J connectivity index is 1.93. The van der Waals surface area contributed by atoms with Crippen molar-refractivity contribution in [3.8, 4) is 5.69 Å². The molecule has 0 spiro atoms. The Kier molecular flexibility index (Phi) is 6.42. The topological polar surface area (TPSA) is 88.4 Å². The van der Waals surface area contributed by atoms with Gasteiger partial charge in [0.15, 0.2) is 11.1 Å². The number of amides is 1. The van der Waals surface area contributed by atoms with Gasteiger partial charge in [-0.05, 0) is 55.0 Å². The maximum atomic E-state index is 13.1. The molecular formula is C21H17F3N2O4S. The minimum absolute atomic E-state index is 0.00617. The van der Waals surface area contributed by atoms with Crippen LogP contribution in [0.25, 0.3) is 5.69 Å². The Bertz CT molecular complexity index is 1200. The van der Waals surface area contributed by atoms with E-state index in [2.05, 4.69) is 5.32 Å². The number of benzene rings is 2. The number of nitrogens with one attached hydrogen (secondary N) is 1. The van der Waals surface area contributed by atoms with Gasteiger partial charge in [0.05, 0.1) is 11.3 Å². The molecule has 2 aromatic carbocycles. The second-order valence-electron chi connectivity index (χ2n) is 6.69. The largest absolute Gasteiger partial charge is 0.416 e. The van der Waals surface area contributed by atoms with Gasteiger partial charge in [-0.25, -0.2) is 4.21 Å². The van der Waals surface area contributed by atoms with Crippen molar-refractivity contribution in [2.24, 2.45) is 0 Å². The fraction of sp³-hybridized carbons (Fsp3) is 0.143. The van der Waals surface area contributed by atoms with Gasteiger partial charge in [-0.1, -0.05) is 18.2 Å². The number of hydrogen-bond acceptors (Lipinski definition) is 3. The third kappa shape index (κ3) is 5.28. The third-order valence-electron chi connectivity index (χ3n) is 4.46. The summed E-state index contributed by atoms with van der Waals surface area (Å²) in [5.41, 5.74) is -0.623. The van der Waals surface area contributed by atoms with Crippen LogP contribution in [0.3, 0.4) is 0 Å². The van der Waals surface area contributed by atoms with E-state index in [-0.39, 0.29) is 17.0 Å². The first-order valence-corrected chi connectivity index (χ1v) is 10.2. The third-order valence-corrected chi connectivity index (χ3v) is 5.04. The lowest BCUT2D eigenvalue weighted by Crippen LogP contribution is -2.29. The van der Waals surface area contributed by atoms with Crippen LogP contribution in [0.5, 0.6) is 0 Å². The van der Waals surface area contributed by atoms with E-state index in [0.29, 0.717) is 16.9 Å². The van der Waals surface area contributed by atoms with Crippen LogP contribution in [0.15, 0.2) is 65.5 Å². The lowest BCUT2D eigenvalue weighted by Gasteiger charge is -2.14. The molecule has 1 aromatic heterocycles. The number of aryl methyl sites for hydroxylation is 1. The summed E-state index contributed by atoms with van der Waals surface area (Å²) in [5.74, 6) is -0.794. The maximum Gasteiger partial charge on any atom is 0.416 e. The maximum absolute atomic E-state index is 13.1. The molecule has 3 rings (SSSR count). The van der Waals surface area contributed by atoms with Gasteiger partial charge < -0.3 is 9.87 Å². The van der Waals surface area contributed by atoms with Crippen molar-refractivity contribution in [3.63, 3.8) is 0 Å². The van der Waals surface area contributed by atoms with Gasteiger partial charge >= 0.3 is 6.18 Å². The van der Waals surface area contributed by atoms with Gasteiger partial charge in [0.1, 0.15) is 5.56 Å². The van der Waals surface area contributed by atoms with Crippen LogP contribution in [-0.2, 0) is 23.0 Å². The number of carbonyl (C=O) groups is 1. The summed E-state index contributed by atoms with van der Waals surface area (Å²) in [7, 11) is 0. The average molecular weight is 450 g/mol. The smallest absolute Gasteiger partial charge is 0.322 e. The molecule has 1 heterocycles. The Labute approximate surface area is 177 Å². The second kappa shape index (κ2) is 8.86. The number of halogens is 3. The van der Waals surface area contributed by atoms with Gasteiger partial charge in [0.2, 0.25) is 0 Å². The molecule has 0 bridgehead atoms. The SMILES string of the molecule is Cc1ccc(C(=O)Nc2ccc(CS(=O)O)cc2)c(=O)n1-c1cccc(C(F)(F)F)c1. The van der Waals surface area contributed by atoms with E-state index in [1.807, 2.05) is 0 Å². The number of nitrogens with zero attached hydrogens (tertiary/aromatic N) is 1. The molecule has 3 aromatic rings. The zero-order valence-corrected chi connectivity index (χ0v) is 17.0. The first kappa shape index (κ1) is 22.4. The van der Waals surface area contributed by atoms with Crippen molar-refractivity contribution < 1.29 is 26.7 Å². The van der Waals surface area contributed by atoms with E-state index in [9.17, 15) is 27.0 Å². The van der Waals surface area contributed by atoms with Crippen molar-refractivity contribution in [1.82, 2.24) is 4.57 Å². The molecule has 31 heavy (non-hydrogen) atoms. The lowest BCUT2D eigenvalue weighted by atomic mass is 10.1. The number of rotatable bonds is 5. The van der Waals surface area contributed by atoms with Crippen LogP contribution < -0.4 is 10.9 Å². The molecule has 0 radical (unpaired) electrons. The number of aromatic nitrogens is 1. The van der Waals surface area contributed by atoms with Crippen molar-refractivity contribution in [1.29, 1.82) is 0 Å². The van der Waals surface area contributed by atoms with Crippen molar-refractivity contribution in [2.75, 3.05) is 5.32 Å². The summed E-state index contributed by atoms with van der Waals surface area (Å²) in [5, 5.41) is 2.54. The predicted octanol–water partition coefficient (Wildman–Crippen LogP) is 4.14. The van der Waals surface area contributed by atoms with E-state index >= 15 is 0 Å². The van der Waals surface area contributed by atoms with Gasteiger partial charge in [-0.3, -0.25) is 14.2 Å². The zero-order valence-electron chi connectivity index (χ0n) is 16.1. The van der Waals surface area contributed by atoms with E-state index in [0.717, 1.165) is 16.7 Å². The van der Waals surface area contributed by atoms with Gasteiger partial charge in [-0.15, -0.1) is 0 Å². The van der Waals surface area contributed by atoms with E-state index in [1.165, 1.54) is 36.4 Å². The van der Waals surface area contributed by atoms with Gasteiger partial charge in [0, 0.05) is 17.1 Å². The molecule has 1 atom stereocenters. The van der Waals surface area contributed by atoms with E-state index in [1.54, 1.807) is 19.1 Å². The summed E-state index contributed by atoms with van der Waals surface area (Å²) in [4.78, 5) is 25.5. The molecule has 0 fully saturated rings. The van der Waals surface area contributed by atoms with Gasteiger partial charge in [0.25, 0.3) is 11.5 Å². The Hall–Kier alpha value is -3.24. The molecule has 0 saturated heterocycles. The molecule has 6 nitrogen and oxygen atoms in total. The molecular weight excluding hydrogens is 433 g/mol. The number of alkyl halides is 3. The van der Waals surface area contributed by atoms with Crippen LogP contribution in [0.2, 0.25) is 0 Å². The fourth-order valence-electron chi connectivity index (χ4n) is 2.97. The van der Waals surface area contributed by atoms with Crippen molar-refractivity contribution in [2.45, 2.75) is 18.9 Å².